The molecule has 0 bridgehead atoms. The second kappa shape index (κ2) is 10.1. The fourth-order valence-electron chi connectivity index (χ4n) is 5.52. The molecular formula is C27H32F2N4O. The van der Waals surface area contributed by atoms with Crippen molar-refractivity contribution in [2.24, 2.45) is 5.92 Å². The Kier molecular flexibility index (Phi) is 6.81. The number of para-hydroxylation sites is 1. The second-order valence-corrected chi connectivity index (χ2v) is 9.71. The zero-order chi connectivity index (χ0) is 23.5. The molecule has 2 aliphatic rings. The predicted molar refractivity (Wildman–Crippen MR) is 131 cm³/mol. The number of likely N-dealkylation sites (tertiary alicyclic amines) is 2. The average Bonchev–Trinajstić information content (AvgIpc) is 3.27. The van der Waals surface area contributed by atoms with Gasteiger partial charge in [0.1, 0.15) is 11.6 Å². The molecule has 2 aliphatic heterocycles. The summed E-state index contributed by atoms with van der Waals surface area (Å²) in [5, 5.41) is 3.98. The highest BCUT2D eigenvalue weighted by Gasteiger charge is 2.26. The summed E-state index contributed by atoms with van der Waals surface area (Å²) in [7, 11) is 0. The molecule has 5 rings (SSSR count). The van der Waals surface area contributed by atoms with E-state index >= 15 is 0 Å². The van der Waals surface area contributed by atoms with Crippen LogP contribution in [0.5, 0.6) is 0 Å². The molecule has 2 aromatic carbocycles. The van der Waals surface area contributed by atoms with Crippen LogP contribution < -0.4 is 5.32 Å². The maximum Gasteiger partial charge on any atom is 0.321 e. The number of fused-ring (bicyclic) bond motifs is 1. The number of carbonyl (C=O) groups excluding carboxylic acids is 1. The van der Waals surface area contributed by atoms with Crippen molar-refractivity contribution in [3.63, 3.8) is 0 Å². The van der Waals surface area contributed by atoms with E-state index in [0.29, 0.717) is 24.9 Å². The number of hydrogen-bond acceptors (Lipinski definition) is 2. The molecule has 2 N–H and O–H groups in total. The predicted octanol–water partition coefficient (Wildman–Crippen LogP) is 5.96. The van der Waals surface area contributed by atoms with Crippen LogP contribution in [0.1, 0.15) is 43.6 Å². The van der Waals surface area contributed by atoms with Crippen LogP contribution in [0, 0.1) is 17.6 Å². The number of carbonyl (C=O) groups is 1. The van der Waals surface area contributed by atoms with Gasteiger partial charge in [0.05, 0.1) is 0 Å². The standard InChI is InChI=1S/C27H32F2N4O/c28-21-15-22(29)17-23(16-21)31-27(34)33-13-6-19(7-14-33)5-10-32-11-8-20(9-12-32)25-18-30-26-4-2-1-3-24(25)26/h1-4,15-20,30H,5-14H2,(H,31,34). The quantitative estimate of drug-likeness (QED) is 0.488. The highest BCUT2D eigenvalue weighted by Crippen LogP contribution is 2.33. The summed E-state index contributed by atoms with van der Waals surface area (Å²) >= 11 is 0. The molecule has 5 nitrogen and oxygen atoms in total. The van der Waals surface area contributed by atoms with Crippen LogP contribution in [-0.2, 0) is 0 Å². The first kappa shape index (κ1) is 22.8. The molecule has 2 amide bonds. The van der Waals surface area contributed by atoms with Crippen molar-refractivity contribution in [2.45, 2.75) is 38.0 Å². The lowest BCUT2D eigenvalue weighted by molar-refractivity contribution is 0.160. The number of nitrogens with zero attached hydrogens (tertiary/aromatic N) is 2. The van der Waals surface area contributed by atoms with Gasteiger partial charge in [-0.15, -0.1) is 0 Å². The number of aromatic amines is 1. The number of urea groups is 1. The maximum atomic E-state index is 13.4. The van der Waals surface area contributed by atoms with Gasteiger partial charge in [-0.2, -0.15) is 0 Å². The fourth-order valence-corrected chi connectivity index (χ4v) is 5.52. The van der Waals surface area contributed by atoms with Crippen molar-refractivity contribution < 1.29 is 13.6 Å². The van der Waals surface area contributed by atoms with Crippen LogP contribution in [0.2, 0.25) is 0 Å². The first-order valence-corrected chi connectivity index (χ1v) is 12.4. The number of rotatable bonds is 5. The van der Waals surface area contributed by atoms with Gasteiger partial charge in [0, 0.05) is 41.9 Å². The summed E-state index contributed by atoms with van der Waals surface area (Å²) in [6.45, 7) is 4.74. The van der Waals surface area contributed by atoms with Gasteiger partial charge in [0.25, 0.3) is 0 Å². The number of aromatic nitrogens is 1. The molecule has 0 radical (unpaired) electrons. The number of amides is 2. The highest BCUT2D eigenvalue weighted by molar-refractivity contribution is 5.89. The fraction of sp³-hybridized carbons (Fsp3) is 0.444. The van der Waals surface area contributed by atoms with E-state index in [1.807, 2.05) is 0 Å². The minimum Gasteiger partial charge on any atom is -0.361 e. The van der Waals surface area contributed by atoms with Crippen LogP contribution in [-0.4, -0.2) is 53.5 Å². The Morgan fingerprint density at radius 3 is 2.41 bits per heavy atom. The third-order valence-corrected chi connectivity index (χ3v) is 7.52. The molecule has 0 unspecified atom stereocenters. The third-order valence-electron chi connectivity index (χ3n) is 7.52. The van der Waals surface area contributed by atoms with Crippen molar-refractivity contribution in [3.05, 3.63) is 65.9 Å². The van der Waals surface area contributed by atoms with Crippen molar-refractivity contribution in [1.29, 1.82) is 0 Å². The number of piperidine rings is 2. The third kappa shape index (κ3) is 5.25. The summed E-state index contributed by atoms with van der Waals surface area (Å²) in [5.74, 6) is -0.151. The van der Waals surface area contributed by atoms with E-state index in [1.54, 1.807) is 4.90 Å². The van der Waals surface area contributed by atoms with Crippen molar-refractivity contribution in [2.75, 3.05) is 38.0 Å². The van der Waals surface area contributed by atoms with Gasteiger partial charge in [-0.05, 0) is 87.3 Å². The van der Waals surface area contributed by atoms with Crippen molar-refractivity contribution >= 4 is 22.6 Å². The molecular weight excluding hydrogens is 434 g/mol. The zero-order valence-corrected chi connectivity index (χ0v) is 19.4. The monoisotopic (exact) mass is 466 g/mol. The summed E-state index contributed by atoms with van der Waals surface area (Å²) < 4.78 is 26.7. The minimum atomic E-state index is -0.695. The van der Waals surface area contributed by atoms with Gasteiger partial charge in [-0.3, -0.25) is 0 Å². The van der Waals surface area contributed by atoms with Crippen LogP contribution in [0.4, 0.5) is 19.3 Å². The van der Waals surface area contributed by atoms with Gasteiger partial charge in [0.2, 0.25) is 0 Å². The molecule has 7 heteroatoms. The Bertz CT molecular complexity index is 1110. The summed E-state index contributed by atoms with van der Waals surface area (Å²) in [5.41, 5.74) is 2.84. The average molecular weight is 467 g/mol. The Labute approximate surface area is 199 Å². The highest BCUT2D eigenvalue weighted by atomic mass is 19.1. The van der Waals surface area contributed by atoms with Gasteiger partial charge >= 0.3 is 6.03 Å². The number of nitrogens with one attached hydrogen (secondary N) is 2. The topological polar surface area (TPSA) is 51.4 Å². The minimum absolute atomic E-state index is 0.153. The lowest BCUT2D eigenvalue weighted by Gasteiger charge is -2.35. The van der Waals surface area contributed by atoms with Crippen molar-refractivity contribution in [1.82, 2.24) is 14.8 Å². The lowest BCUT2D eigenvalue weighted by Crippen LogP contribution is -2.42. The largest absolute Gasteiger partial charge is 0.361 e. The van der Waals surface area contributed by atoms with Crippen molar-refractivity contribution in [3.8, 4) is 0 Å². The maximum absolute atomic E-state index is 13.4. The Balaban J connectivity index is 1.04. The first-order valence-electron chi connectivity index (χ1n) is 12.4. The van der Waals surface area contributed by atoms with E-state index in [2.05, 4.69) is 45.7 Å². The molecule has 0 aliphatic carbocycles. The molecule has 0 atom stereocenters. The van der Waals surface area contributed by atoms with Crippen LogP contribution in [0.3, 0.4) is 0 Å². The van der Waals surface area contributed by atoms with E-state index in [1.165, 1.54) is 29.3 Å². The molecule has 3 heterocycles. The van der Waals surface area contributed by atoms with E-state index in [9.17, 15) is 13.6 Å². The summed E-state index contributed by atoms with van der Waals surface area (Å²) in [6.07, 6.45) is 7.68. The SMILES string of the molecule is O=C(Nc1cc(F)cc(F)c1)N1CCC(CCN2CCC(c3c[nH]c4ccccc34)CC2)CC1. The molecule has 34 heavy (non-hydrogen) atoms. The number of anilines is 1. The second-order valence-electron chi connectivity index (χ2n) is 9.71. The number of halogens is 2. The molecule has 3 aromatic rings. The van der Waals surface area contributed by atoms with Crippen LogP contribution >= 0.6 is 0 Å². The number of H-pyrrole nitrogens is 1. The van der Waals surface area contributed by atoms with Gasteiger partial charge in [-0.1, -0.05) is 18.2 Å². The molecule has 2 fully saturated rings. The van der Waals surface area contributed by atoms with Crippen LogP contribution in [0.25, 0.3) is 10.9 Å². The van der Waals surface area contributed by atoms with E-state index < -0.39 is 11.6 Å². The first-order chi connectivity index (χ1) is 16.5. The lowest BCUT2D eigenvalue weighted by atomic mass is 9.88. The van der Waals surface area contributed by atoms with Gasteiger partial charge in [-0.25, -0.2) is 13.6 Å². The van der Waals surface area contributed by atoms with E-state index in [0.717, 1.165) is 57.1 Å². The molecule has 1 aromatic heterocycles. The Morgan fingerprint density at radius 1 is 0.971 bits per heavy atom. The smallest absolute Gasteiger partial charge is 0.321 e. The Hall–Kier alpha value is -2.93. The number of benzene rings is 2. The normalized spacial score (nSPS) is 18.5. The molecule has 0 saturated carbocycles. The zero-order valence-electron chi connectivity index (χ0n) is 19.4. The number of hydrogen-bond donors (Lipinski definition) is 2. The van der Waals surface area contributed by atoms with Gasteiger partial charge in [0.15, 0.2) is 0 Å². The van der Waals surface area contributed by atoms with E-state index in [-0.39, 0.29) is 11.7 Å². The summed E-state index contributed by atoms with van der Waals surface area (Å²) in [6, 6.07) is 11.3. The summed E-state index contributed by atoms with van der Waals surface area (Å²) in [4.78, 5) is 20.2. The molecule has 180 valence electrons. The molecule has 0 spiro atoms. The van der Waals surface area contributed by atoms with Crippen LogP contribution in [0.15, 0.2) is 48.7 Å². The van der Waals surface area contributed by atoms with E-state index in [4.69, 9.17) is 0 Å². The molecule has 2 saturated heterocycles. The Morgan fingerprint density at radius 2 is 1.68 bits per heavy atom. The van der Waals surface area contributed by atoms with Gasteiger partial charge < -0.3 is 20.1 Å².